The fraction of sp³-hybridized carbons (Fsp3) is 0.615. The van der Waals surface area contributed by atoms with Crippen molar-refractivity contribution in [3.05, 3.63) is 18.6 Å². The maximum atomic E-state index is 13.1. The van der Waals surface area contributed by atoms with Gasteiger partial charge in [-0.2, -0.15) is 0 Å². The van der Waals surface area contributed by atoms with Crippen LogP contribution < -0.4 is 10.2 Å². The molecule has 2 saturated heterocycles. The van der Waals surface area contributed by atoms with Gasteiger partial charge in [0.2, 0.25) is 5.91 Å². The summed E-state index contributed by atoms with van der Waals surface area (Å²) in [6.07, 6.45) is 4.43. The van der Waals surface area contributed by atoms with Gasteiger partial charge in [-0.1, -0.05) is 0 Å². The molecule has 3 rings (SSSR count). The molecule has 6 nitrogen and oxygen atoms in total. The SMILES string of the molecule is O=C([C@H]1C[C@H](F)CN1)N1CCN(c2cnccn2)CC1. The predicted octanol–water partition coefficient (Wildman–Crippen LogP) is -0.175. The van der Waals surface area contributed by atoms with Crippen LogP contribution in [0.1, 0.15) is 6.42 Å². The first-order valence-electron chi connectivity index (χ1n) is 6.91. The van der Waals surface area contributed by atoms with Gasteiger partial charge < -0.3 is 15.1 Å². The lowest BCUT2D eigenvalue weighted by Crippen LogP contribution is -2.53. The summed E-state index contributed by atoms with van der Waals surface area (Å²) in [6, 6.07) is -0.354. The molecule has 1 amide bonds. The van der Waals surface area contributed by atoms with Gasteiger partial charge in [-0.05, 0) is 0 Å². The summed E-state index contributed by atoms with van der Waals surface area (Å²) in [4.78, 5) is 24.5. The highest BCUT2D eigenvalue weighted by atomic mass is 19.1. The van der Waals surface area contributed by atoms with Crippen molar-refractivity contribution in [3.8, 4) is 0 Å². The number of aromatic nitrogens is 2. The number of rotatable bonds is 2. The summed E-state index contributed by atoms with van der Waals surface area (Å²) in [6.45, 7) is 3.04. The zero-order valence-electron chi connectivity index (χ0n) is 11.2. The van der Waals surface area contributed by atoms with E-state index < -0.39 is 6.17 Å². The van der Waals surface area contributed by atoms with Crippen LogP contribution >= 0.6 is 0 Å². The van der Waals surface area contributed by atoms with Crippen molar-refractivity contribution in [2.24, 2.45) is 0 Å². The molecule has 7 heteroatoms. The third kappa shape index (κ3) is 2.72. The van der Waals surface area contributed by atoms with Gasteiger partial charge in [0, 0.05) is 51.5 Å². The molecule has 2 aliphatic heterocycles. The number of piperazine rings is 1. The number of hydrogen-bond acceptors (Lipinski definition) is 5. The van der Waals surface area contributed by atoms with Crippen LogP contribution in [0.2, 0.25) is 0 Å². The Kier molecular flexibility index (Phi) is 3.77. The van der Waals surface area contributed by atoms with Gasteiger partial charge in [0.1, 0.15) is 12.0 Å². The van der Waals surface area contributed by atoms with Gasteiger partial charge in [0.15, 0.2) is 0 Å². The molecule has 3 heterocycles. The Morgan fingerprint density at radius 2 is 2.10 bits per heavy atom. The molecule has 108 valence electrons. The van der Waals surface area contributed by atoms with Crippen molar-refractivity contribution in [1.82, 2.24) is 20.2 Å². The molecule has 2 aliphatic rings. The van der Waals surface area contributed by atoms with Gasteiger partial charge in [-0.3, -0.25) is 9.78 Å². The number of nitrogens with one attached hydrogen (secondary N) is 1. The summed E-state index contributed by atoms with van der Waals surface area (Å²) in [7, 11) is 0. The summed E-state index contributed by atoms with van der Waals surface area (Å²) in [5, 5.41) is 2.94. The van der Waals surface area contributed by atoms with Crippen LogP contribution in [0, 0.1) is 0 Å². The third-order valence-electron chi connectivity index (χ3n) is 3.84. The number of carbonyl (C=O) groups is 1. The molecule has 0 aromatic carbocycles. The van der Waals surface area contributed by atoms with Crippen LogP contribution in [0.3, 0.4) is 0 Å². The van der Waals surface area contributed by atoms with Crippen molar-refractivity contribution < 1.29 is 9.18 Å². The first kappa shape index (κ1) is 13.2. The van der Waals surface area contributed by atoms with E-state index in [1.54, 1.807) is 18.6 Å². The summed E-state index contributed by atoms with van der Waals surface area (Å²) in [5.74, 6) is 0.853. The van der Waals surface area contributed by atoms with Crippen molar-refractivity contribution in [2.45, 2.75) is 18.6 Å². The van der Waals surface area contributed by atoms with Crippen LogP contribution in [-0.4, -0.2) is 65.7 Å². The molecule has 2 fully saturated rings. The Morgan fingerprint density at radius 1 is 1.30 bits per heavy atom. The van der Waals surface area contributed by atoms with Gasteiger partial charge in [-0.25, -0.2) is 9.37 Å². The topological polar surface area (TPSA) is 61.4 Å². The average molecular weight is 279 g/mol. The van der Waals surface area contributed by atoms with E-state index in [4.69, 9.17) is 0 Å². The molecule has 0 unspecified atom stereocenters. The van der Waals surface area contributed by atoms with E-state index in [9.17, 15) is 9.18 Å². The number of halogens is 1. The molecule has 2 atom stereocenters. The average Bonchev–Trinajstić information content (AvgIpc) is 2.94. The molecular formula is C13H18FN5O. The van der Waals surface area contributed by atoms with Crippen molar-refractivity contribution in [3.63, 3.8) is 0 Å². The van der Waals surface area contributed by atoms with E-state index in [1.165, 1.54) is 0 Å². The van der Waals surface area contributed by atoms with Gasteiger partial charge >= 0.3 is 0 Å². The van der Waals surface area contributed by atoms with E-state index in [1.807, 2.05) is 4.90 Å². The molecular weight excluding hydrogens is 261 g/mol. The number of carbonyl (C=O) groups excluding carboxylic acids is 1. The largest absolute Gasteiger partial charge is 0.352 e. The van der Waals surface area contributed by atoms with Crippen LogP contribution in [0.25, 0.3) is 0 Å². The maximum absolute atomic E-state index is 13.1. The lowest BCUT2D eigenvalue weighted by atomic mass is 10.1. The first-order chi connectivity index (χ1) is 9.74. The van der Waals surface area contributed by atoms with Crippen LogP contribution in [0.4, 0.5) is 10.2 Å². The summed E-state index contributed by atoms with van der Waals surface area (Å²) < 4.78 is 13.1. The quantitative estimate of drug-likeness (QED) is 0.814. The molecule has 0 aliphatic carbocycles. The van der Waals surface area contributed by atoms with Gasteiger partial charge in [-0.15, -0.1) is 0 Å². The Hall–Kier alpha value is -1.76. The third-order valence-corrected chi connectivity index (χ3v) is 3.84. The lowest BCUT2D eigenvalue weighted by Gasteiger charge is -2.36. The lowest BCUT2D eigenvalue weighted by molar-refractivity contribution is -0.133. The minimum absolute atomic E-state index is 0.0175. The smallest absolute Gasteiger partial charge is 0.239 e. The minimum Gasteiger partial charge on any atom is -0.352 e. The number of anilines is 1. The van der Waals surface area contributed by atoms with Crippen molar-refractivity contribution in [2.75, 3.05) is 37.6 Å². The number of nitrogens with zero attached hydrogens (tertiary/aromatic N) is 4. The molecule has 0 radical (unpaired) electrons. The Labute approximate surface area is 117 Å². The molecule has 1 aromatic heterocycles. The van der Waals surface area contributed by atoms with E-state index in [0.717, 1.165) is 18.9 Å². The van der Waals surface area contributed by atoms with E-state index in [-0.39, 0.29) is 18.5 Å². The van der Waals surface area contributed by atoms with E-state index in [0.29, 0.717) is 19.5 Å². The van der Waals surface area contributed by atoms with Crippen LogP contribution in [-0.2, 0) is 4.79 Å². The van der Waals surface area contributed by atoms with Gasteiger partial charge in [0.25, 0.3) is 0 Å². The Bertz CT molecular complexity index is 463. The zero-order chi connectivity index (χ0) is 13.9. The number of alkyl halides is 1. The fourth-order valence-electron chi connectivity index (χ4n) is 2.71. The number of amides is 1. The normalized spacial score (nSPS) is 26.9. The van der Waals surface area contributed by atoms with Gasteiger partial charge in [0.05, 0.1) is 12.2 Å². The van der Waals surface area contributed by atoms with E-state index >= 15 is 0 Å². The second kappa shape index (κ2) is 5.70. The monoisotopic (exact) mass is 279 g/mol. The highest BCUT2D eigenvalue weighted by molar-refractivity contribution is 5.82. The molecule has 0 spiro atoms. The minimum atomic E-state index is -0.898. The van der Waals surface area contributed by atoms with Crippen molar-refractivity contribution in [1.29, 1.82) is 0 Å². The second-order valence-corrected chi connectivity index (χ2v) is 5.17. The molecule has 1 aromatic rings. The fourth-order valence-corrected chi connectivity index (χ4v) is 2.71. The Morgan fingerprint density at radius 3 is 2.70 bits per heavy atom. The number of hydrogen-bond donors (Lipinski definition) is 1. The second-order valence-electron chi connectivity index (χ2n) is 5.17. The van der Waals surface area contributed by atoms with E-state index in [2.05, 4.69) is 20.2 Å². The standard InChI is InChI=1S/C13H18FN5O/c14-10-7-11(17-8-10)13(20)19-5-3-18(4-6-19)12-9-15-1-2-16-12/h1-2,9-11,17H,3-8H2/t10-,11+/m0/s1. The Balaban J connectivity index is 1.55. The molecule has 1 N–H and O–H groups in total. The highest BCUT2D eigenvalue weighted by Crippen LogP contribution is 2.16. The highest BCUT2D eigenvalue weighted by Gasteiger charge is 2.33. The summed E-state index contributed by atoms with van der Waals surface area (Å²) in [5.41, 5.74) is 0. The van der Waals surface area contributed by atoms with Crippen molar-refractivity contribution >= 4 is 11.7 Å². The molecule has 20 heavy (non-hydrogen) atoms. The predicted molar refractivity (Wildman–Crippen MR) is 72.1 cm³/mol. The summed E-state index contributed by atoms with van der Waals surface area (Å²) >= 11 is 0. The molecule has 0 saturated carbocycles. The maximum Gasteiger partial charge on any atom is 0.239 e. The van der Waals surface area contributed by atoms with Crippen LogP contribution in [0.15, 0.2) is 18.6 Å². The first-order valence-corrected chi connectivity index (χ1v) is 6.91. The molecule has 0 bridgehead atoms. The zero-order valence-corrected chi connectivity index (χ0v) is 11.2. The van der Waals surface area contributed by atoms with Crippen LogP contribution in [0.5, 0.6) is 0 Å².